The van der Waals surface area contributed by atoms with Gasteiger partial charge in [0, 0.05) is 11.1 Å². The Kier molecular flexibility index (Phi) is 6.52. The van der Waals surface area contributed by atoms with Gasteiger partial charge >= 0.3 is 0 Å². The van der Waals surface area contributed by atoms with Crippen LogP contribution in [0.3, 0.4) is 0 Å². The Labute approximate surface area is 147 Å². The lowest BCUT2D eigenvalue weighted by Gasteiger charge is -2.12. The molecule has 22 heavy (non-hydrogen) atoms. The standard InChI is InChI=1S/C18H16Br2O2/c19-15(17(21)13-7-3-1-4-8-13)11-12-16(20)18(22)14-9-5-2-6-10-14/h1-10,15-16H,11-12H2/t15-,16-/m0/s1. The van der Waals surface area contributed by atoms with Gasteiger partial charge in [-0.15, -0.1) is 0 Å². The third-order valence-corrected chi connectivity index (χ3v) is 5.11. The quantitative estimate of drug-likeness (QED) is 0.460. The van der Waals surface area contributed by atoms with Gasteiger partial charge in [-0.05, 0) is 12.8 Å². The van der Waals surface area contributed by atoms with Gasteiger partial charge < -0.3 is 0 Å². The highest BCUT2D eigenvalue weighted by atomic mass is 79.9. The van der Waals surface area contributed by atoms with Crippen LogP contribution in [0.25, 0.3) is 0 Å². The molecule has 2 aromatic rings. The van der Waals surface area contributed by atoms with Gasteiger partial charge in [0.05, 0.1) is 9.65 Å². The third-order valence-electron chi connectivity index (χ3n) is 3.36. The molecule has 0 saturated carbocycles. The van der Waals surface area contributed by atoms with E-state index in [1.807, 2.05) is 36.4 Å². The molecule has 0 saturated heterocycles. The first-order valence-corrected chi connectivity index (χ1v) is 8.89. The largest absolute Gasteiger partial charge is 0.293 e. The summed E-state index contributed by atoms with van der Waals surface area (Å²) in [5.41, 5.74) is 1.37. The first-order chi connectivity index (χ1) is 10.6. The van der Waals surface area contributed by atoms with Crippen LogP contribution in [0, 0.1) is 0 Å². The van der Waals surface area contributed by atoms with Crippen molar-refractivity contribution in [3.05, 3.63) is 71.8 Å². The van der Waals surface area contributed by atoms with E-state index in [1.165, 1.54) is 0 Å². The molecule has 0 aromatic heterocycles. The second-order valence-corrected chi connectivity index (χ2v) is 7.18. The van der Waals surface area contributed by atoms with Gasteiger partial charge in [0.25, 0.3) is 0 Å². The molecule has 0 unspecified atom stereocenters. The Hall–Kier alpha value is -1.26. The van der Waals surface area contributed by atoms with Crippen molar-refractivity contribution in [1.29, 1.82) is 0 Å². The molecule has 0 amide bonds. The van der Waals surface area contributed by atoms with E-state index >= 15 is 0 Å². The fourth-order valence-electron chi connectivity index (χ4n) is 2.12. The van der Waals surface area contributed by atoms with Crippen molar-refractivity contribution in [1.82, 2.24) is 0 Å². The molecule has 2 nitrogen and oxygen atoms in total. The lowest BCUT2D eigenvalue weighted by Crippen LogP contribution is -2.19. The molecule has 2 aromatic carbocycles. The molecule has 2 rings (SSSR count). The molecule has 0 fully saturated rings. The fourth-order valence-corrected chi connectivity index (χ4v) is 3.18. The van der Waals surface area contributed by atoms with Crippen molar-refractivity contribution in [2.75, 3.05) is 0 Å². The maximum Gasteiger partial charge on any atom is 0.176 e. The Balaban J connectivity index is 1.89. The minimum absolute atomic E-state index is 0.0486. The monoisotopic (exact) mass is 422 g/mol. The van der Waals surface area contributed by atoms with E-state index in [0.717, 1.165) is 0 Å². The lowest BCUT2D eigenvalue weighted by atomic mass is 10.0. The zero-order valence-electron chi connectivity index (χ0n) is 11.9. The van der Waals surface area contributed by atoms with Crippen LogP contribution >= 0.6 is 31.9 Å². The third kappa shape index (κ3) is 4.62. The Bertz CT molecular complexity index is 569. The molecule has 0 aliphatic carbocycles. The first kappa shape index (κ1) is 17.1. The van der Waals surface area contributed by atoms with E-state index in [0.29, 0.717) is 24.0 Å². The second-order valence-electron chi connectivity index (χ2n) is 4.97. The van der Waals surface area contributed by atoms with E-state index in [1.54, 1.807) is 24.3 Å². The van der Waals surface area contributed by atoms with E-state index in [4.69, 9.17) is 0 Å². The second kappa shape index (κ2) is 8.39. The van der Waals surface area contributed by atoms with Gasteiger partial charge in [-0.2, -0.15) is 0 Å². The molecule has 0 heterocycles. The van der Waals surface area contributed by atoms with Crippen LogP contribution < -0.4 is 0 Å². The van der Waals surface area contributed by atoms with E-state index in [9.17, 15) is 9.59 Å². The summed E-state index contributed by atoms with van der Waals surface area (Å²) >= 11 is 6.86. The molecular weight excluding hydrogens is 408 g/mol. The summed E-state index contributed by atoms with van der Waals surface area (Å²) in [6.45, 7) is 0. The van der Waals surface area contributed by atoms with Crippen LogP contribution in [0.2, 0.25) is 0 Å². The van der Waals surface area contributed by atoms with Gasteiger partial charge in [-0.3, -0.25) is 9.59 Å². The van der Waals surface area contributed by atoms with Gasteiger partial charge in [-0.25, -0.2) is 0 Å². The summed E-state index contributed by atoms with van der Waals surface area (Å²) in [6, 6.07) is 18.4. The molecule has 2 atom stereocenters. The predicted molar refractivity (Wildman–Crippen MR) is 96.2 cm³/mol. The number of ketones is 2. The van der Waals surface area contributed by atoms with Crippen LogP contribution in [0.5, 0.6) is 0 Å². The zero-order valence-corrected chi connectivity index (χ0v) is 15.1. The SMILES string of the molecule is O=C(c1ccccc1)[C@@H](Br)CC[C@H](Br)C(=O)c1ccccc1. The Morgan fingerprint density at radius 2 is 1.00 bits per heavy atom. The number of alkyl halides is 2. The summed E-state index contributed by atoms with van der Waals surface area (Å²) < 4.78 is 0. The number of halogens is 2. The predicted octanol–water partition coefficient (Wildman–Crippen LogP) is 5.06. The van der Waals surface area contributed by atoms with Crippen LogP contribution in [0.15, 0.2) is 60.7 Å². The molecule has 4 heteroatoms. The molecule has 0 spiro atoms. The molecule has 0 N–H and O–H groups in total. The van der Waals surface area contributed by atoms with Crippen molar-refractivity contribution in [2.24, 2.45) is 0 Å². The first-order valence-electron chi connectivity index (χ1n) is 7.06. The molecule has 0 radical (unpaired) electrons. The average Bonchev–Trinajstić information content (AvgIpc) is 2.59. The topological polar surface area (TPSA) is 34.1 Å². The number of carbonyl (C=O) groups is 2. The summed E-state index contributed by atoms with van der Waals surface area (Å²) in [6.07, 6.45) is 1.20. The summed E-state index contributed by atoms with van der Waals surface area (Å²) in [5, 5.41) is 0. The average molecular weight is 424 g/mol. The van der Waals surface area contributed by atoms with E-state index in [-0.39, 0.29) is 21.2 Å². The number of benzene rings is 2. The number of Topliss-reactive ketones (excluding diaryl/α,β-unsaturated/α-hetero) is 2. The molecule has 0 aliphatic heterocycles. The summed E-state index contributed by atoms with van der Waals surface area (Å²) in [7, 11) is 0. The van der Waals surface area contributed by atoms with Crippen molar-refractivity contribution in [3.8, 4) is 0 Å². The van der Waals surface area contributed by atoms with Gasteiger partial charge in [0.1, 0.15) is 0 Å². The molecular formula is C18H16Br2O2. The van der Waals surface area contributed by atoms with Crippen molar-refractivity contribution in [3.63, 3.8) is 0 Å². The maximum atomic E-state index is 12.2. The highest BCUT2D eigenvalue weighted by Gasteiger charge is 2.21. The van der Waals surface area contributed by atoms with Crippen LogP contribution in [-0.2, 0) is 0 Å². The number of rotatable bonds is 7. The molecule has 0 aliphatic rings. The minimum atomic E-state index is -0.279. The maximum absolute atomic E-state index is 12.2. The number of hydrogen-bond donors (Lipinski definition) is 0. The summed E-state index contributed by atoms with van der Waals surface area (Å²) in [4.78, 5) is 23.9. The minimum Gasteiger partial charge on any atom is -0.293 e. The highest BCUT2D eigenvalue weighted by Crippen LogP contribution is 2.21. The van der Waals surface area contributed by atoms with Gasteiger partial charge in [-0.1, -0.05) is 92.5 Å². The highest BCUT2D eigenvalue weighted by molar-refractivity contribution is 9.10. The normalized spacial score (nSPS) is 13.4. The lowest BCUT2D eigenvalue weighted by molar-refractivity contribution is 0.0965. The molecule has 114 valence electrons. The van der Waals surface area contributed by atoms with E-state index in [2.05, 4.69) is 31.9 Å². The Morgan fingerprint density at radius 3 is 1.32 bits per heavy atom. The van der Waals surface area contributed by atoms with Crippen LogP contribution in [0.1, 0.15) is 33.6 Å². The van der Waals surface area contributed by atoms with E-state index < -0.39 is 0 Å². The van der Waals surface area contributed by atoms with Crippen molar-refractivity contribution >= 4 is 43.4 Å². The number of hydrogen-bond acceptors (Lipinski definition) is 2. The summed E-state index contributed by atoms with van der Waals surface area (Å²) in [5.74, 6) is 0.0971. The Morgan fingerprint density at radius 1 is 0.682 bits per heavy atom. The van der Waals surface area contributed by atoms with Crippen molar-refractivity contribution < 1.29 is 9.59 Å². The fraction of sp³-hybridized carbons (Fsp3) is 0.222. The van der Waals surface area contributed by atoms with Gasteiger partial charge in [0.15, 0.2) is 11.6 Å². The zero-order chi connectivity index (χ0) is 15.9. The smallest absolute Gasteiger partial charge is 0.176 e. The van der Waals surface area contributed by atoms with Gasteiger partial charge in [0.2, 0.25) is 0 Å². The molecule has 0 bridgehead atoms. The number of carbonyl (C=O) groups excluding carboxylic acids is 2. The van der Waals surface area contributed by atoms with Crippen molar-refractivity contribution in [2.45, 2.75) is 22.5 Å². The van der Waals surface area contributed by atoms with Crippen LogP contribution in [-0.4, -0.2) is 21.2 Å². The van der Waals surface area contributed by atoms with Crippen LogP contribution in [0.4, 0.5) is 0 Å².